The second-order valence-electron chi connectivity index (χ2n) is 21.0. The van der Waals surface area contributed by atoms with Crippen LogP contribution in [-0.2, 0) is 28.6 Å². The molecule has 0 aliphatic rings. The first-order valence-electron chi connectivity index (χ1n) is 30.8. The van der Waals surface area contributed by atoms with Gasteiger partial charge in [0.05, 0.1) is 0 Å². The first kappa shape index (κ1) is 66.9. The van der Waals surface area contributed by atoms with Crippen LogP contribution in [0.25, 0.3) is 0 Å². The van der Waals surface area contributed by atoms with E-state index in [9.17, 15) is 14.4 Å². The van der Waals surface area contributed by atoms with E-state index in [1.165, 1.54) is 238 Å². The molecular formula is C63H118O6. The molecule has 0 saturated heterocycles. The van der Waals surface area contributed by atoms with Gasteiger partial charge in [0.15, 0.2) is 6.10 Å². The van der Waals surface area contributed by atoms with Gasteiger partial charge in [-0.3, -0.25) is 14.4 Å². The quantitative estimate of drug-likeness (QED) is 0.0261. The number of rotatable bonds is 57. The summed E-state index contributed by atoms with van der Waals surface area (Å²) in [7, 11) is 0. The fourth-order valence-corrected chi connectivity index (χ4v) is 9.30. The minimum Gasteiger partial charge on any atom is -0.462 e. The molecule has 0 aromatic carbocycles. The van der Waals surface area contributed by atoms with E-state index in [0.29, 0.717) is 19.3 Å². The molecule has 0 aromatic rings. The molecule has 1 unspecified atom stereocenters. The Morgan fingerprint density at radius 3 is 0.797 bits per heavy atom. The van der Waals surface area contributed by atoms with E-state index >= 15 is 0 Å². The molecule has 0 aliphatic heterocycles. The Labute approximate surface area is 430 Å². The molecule has 0 rings (SSSR count). The fraction of sp³-hybridized carbons (Fsp3) is 0.889. The van der Waals surface area contributed by atoms with Gasteiger partial charge >= 0.3 is 17.9 Å². The van der Waals surface area contributed by atoms with Crippen LogP contribution in [0.3, 0.4) is 0 Å². The summed E-state index contributed by atoms with van der Waals surface area (Å²) in [5.74, 6) is -0.845. The Morgan fingerprint density at radius 2 is 0.522 bits per heavy atom. The van der Waals surface area contributed by atoms with E-state index < -0.39 is 6.10 Å². The van der Waals surface area contributed by atoms with Crippen molar-refractivity contribution in [2.75, 3.05) is 13.2 Å². The zero-order valence-electron chi connectivity index (χ0n) is 46.6. The van der Waals surface area contributed by atoms with Crippen LogP contribution in [0.1, 0.15) is 342 Å². The highest BCUT2D eigenvalue weighted by molar-refractivity contribution is 5.71. The molecule has 0 fully saturated rings. The van der Waals surface area contributed by atoms with Crippen molar-refractivity contribution in [1.29, 1.82) is 0 Å². The minimum atomic E-state index is -0.766. The number of carbonyl (C=O) groups is 3. The Balaban J connectivity index is 4.21. The summed E-state index contributed by atoms with van der Waals surface area (Å²) >= 11 is 0. The van der Waals surface area contributed by atoms with Gasteiger partial charge < -0.3 is 14.2 Å². The minimum absolute atomic E-state index is 0.0659. The summed E-state index contributed by atoms with van der Waals surface area (Å²) in [5, 5.41) is 0. The smallest absolute Gasteiger partial charge is 0.306 e. The molecule has 0 bridgehead atoms. The highest BCUT2D eigenvalue weighted by atomic mass is 16.6. The first-order chi connectivity index (χ1) is 34.0. The maximum atomic E-state index is 12.9. The molecule has 6 nitrogen and oxygen atoms in total. The topological polar surface area (TPSA) is 78.9 Å². The predicted octanol–water partition coefficient (Wildman–Crippen LogP) is 20.7. The normalized spacial score (nSPS) is 12.1. The zero-order valence-corrected chi connectivity index (χ0v) is 46.6. The van der Waals surface area contributed by atoms with Crippen LogP contribution in [0.15, 0.2) is 24.3 Å². The lowest BCUT2D eigenvalue weighted by atomic mass is 10.0. The lowest BCUT2D eigenvalue weighted by Gasteiger charge is -2.18. The van der Waals surface area contributed by atoms with E-state index in [1.54, 1.807) is 0 Å². The Morgan fingerprint density at radius 1 is 0.290 bits per heavy atom. The van der Waals surface area contributed by atoms with E-state index in [1.807, 2.05) is 0 Å². The van der Waals surface area contributed by atoms with Gasteiger partial charge in [-0.15, -0.1) is 0 Å². The zero-order chi connectivity index (χ0) is 50.0. The summed E-state index contributed by atoms with van der Waals surface area (Å²) in [4.78, 5) is 38.1. The first-order valence-corrected chi connectivity index (χ1v) is 30.8. The van der Waals surface area contributed by atoms with Gasteiger partial charge in [0, 0.05) is 19.3 Å². The number of allylic oxidation sites excluding steroid dienone is 4. The third-order valence-corrected chi connectivity index (χ3v) is 14.0. The molecule has 0 heterocycles. The van der Waals surface area contributed by atoms with Crippen LogP contribution >= 0.6 is 0 Å². The summed E-state index contributed by atoms with van der Waals surface area (Å²) in [6.07, 6.45) is 69.0. The second kappa shape index (κ2) is 58.5. The van der Waals surface area contributed by atoms with Crippen molar-refractivity contribution in [3.8, 4) is 0 Å². The third-order valence-electron chi connectivity index (χ3n) is 14.0. The number of hydrogen-bond donors (Lipinski definition) is 0. The van der Waals surface area contributed by atoms with Crippen molar-refractivity contribution in [1.82, 2.24) is 0 Å². The molecule has 0 aromatic heterocycles. The number of esters is 3. The molecule has 6 heteroatoms. The van der Waals surface area contributed by atoms with Gasteiger partial charge in [-0.2, -0.15) is 0 Å². The van der Waals surface area contributed by atoms with Crippen molar-refractivity contribution in [3.05, 3.63) is 24.3 Å². The van der Waals surface area contributed by atoms with Crippen LogP contribution < -0.4 is 0 Å². The van der Waals surface area contributed by atoms with Gasteiger partial charge in [-0.05, 0) is 51.4 Å². The van der Waals surface area contributed by atoms with Gasteiger partial charge in [0.1, 0.15) is 13.2 Å². The maximum Gasteiger partial charge on any atom is 0.306 e. The average Bonchev–Trinajstić information content (AvgIpc) is 3.35. The van der Waals surface area contributed by atoms with E-state index in [2.05, 4.69) is 45.1 Å². The lowest BCUT2D eigenvalue weighted by molar-refractivity contribution is -0.167. The highest BCUT2D eigenvalue weighted by Crippen LogP contribution is 2.17. The molecular weight excluding hydrogens is 853 g/mol. The van der Waals surface area contributed by atoms with Crippen LogP contribution in [0.2, 0.25) is 0 Å². The van der Waals surface area contributed by atoms with E-state index in [0.717, 1.165) is 64.2 Å². The largest absolute Gasteiger partial charge is 0.462 e. The number of unbranched alkanes of at least 4 members (excludes halogenated alkanes) is 42. The molecule has 406 valence electrons. The van der Waals surface area contributed by atoms with Crippen LogP contribution in [-0.4, -0.2) is 37.2 Å². The number of hydrogen-bond acceptors (Lipinski definition) is 6. The highest BCUT2D eigenvalue weighted by Gasteiger charge is 2.19. The Kier molecular flexibility index (Phi) is 56.7. The maximum absolute atomic E-state index is 12.9. The summed E-state index contributed by atoms with van der Waals surface area (Å²) < 4.78 is 16.9. The Hall–Kier alpha value is -2.11. The molecule has 0 radical (unpaired) electrons. The van der Waals surface area contributed by atoms with Crippen LogP contribution in [0, 0.1) is 0 Å². The summed E-state index contributed by atoms with van der Waals surface area (Å²) in [6.45, 7) is 6.67. The summed E-state index contributed by atoms with van der Waals surface area (Å²) in [5.41, 5.74) is 0. The summed E-state index contributed by atoms with van der Waals surface area (Å²) in [6, 6.07) is 0. The third kappa shape index (κ3) is 56.7. The lowest BCUT2D eigenvalue weighted by Crippen LogP contribution is -2.30. The van der Waals surface area contributed by atoms with Crippen LogP contribution in [0.4, 0.5) is 0 Å². The van der Waals surface area contributed by atoms with Crippen molar-refractivity contribution >= 4 is 17.9 Å². The van der Waals surface area contributed by atoms with Crippen molar-refractivity contribution in [3.63, 3.8) is 0 Å². The molecule has 0 spiro atoms. The standard InChI is InChI=1S/C63H118O6/c1-4-7-10-13-16-19-22-24-26-28-30-31-32-33-34-36-37-39-41-44-47-50-53-56-62(65)68-59-60(58-67-61(64)55-52-49-46-43-21-18-15-12-9-6-3)69-63(66)57-54-51-48-45-42-40-38-35-29-27-25-23-20-17-14-11-8-5-2/h22,24,28,30,60H,4-21,23,25-27,29,31-59H2,1-3H3/b24-22-,30-28-. The number of carbonyl (C=O) groups excluding carboxylic acids is 3. The van der Waals surface area contributed by atoms with Crippen LogP contribution in [0.5, 0.6) is 0 Å². The monoisotopic (exact) mass is 971 g/mol. The SMILES string of the molecule is CCCCCCC/C=C\C/C=C\CCCCCCCCCCCCCC(=O)OCC(COC(=O)CCCCCCCCCCCC)OC(=O)CCCCCCCCCCCCCCCCCCCC. The van der Waals surface area contributed by atoms with Gasteiger partial charge in [0.2, 0.25) is 0 Å². The fourth-order valence-electron chi connectivity index (χ4n) is 9.30. The van der Waals surface area contributed by atoms with Crippen molar-refractivity contribution < 1.29 is 28.6 Å². The van der Waals surface area contributed by atoms with Crippen molar-refractivity contribution in [2.24, 2.45) is 0 Å². The second-order valence-corrected chi connectivity index (χ2v) is 21.0. The average molecular weight is 972 g/mol. The predicted molar refractivity (Wildman–Crippen MR) is 298 cm³/mol. The Bertz CT molecular complexity index is 1110. The molecule has 0 aliphatic carbocycles. The molecule has 0 amide bonds. The van der Waals surface area contributed by atoms with E-state index in [-0.39, 0.29) is 31.1 Å². The van der Waals surface area contributed by atoms with Gasteiger partial charge in [-0.1, -0.05) is 295 Å². The van der Waals surface area contributed by atoms with Crippen molar-refractivity contribution in [2.45, 2.75) is 348 Å². The molecule has 69 heavy (non-hydrogen) atoms. The molecule has 0 N–H and O–H groups in total. The molecule has 1 atom stereocenters. The van der Waals surface area contributed by atoms with E-state index in [4.69, 9.17) is 14.2 Å². The van der Waals surface area contributed by atoms with Gasteiger partial charge in [0.25, 0.3) is 0 Å². The van der Waals surface area contributed by atoms with Gasteiger partial charge in [-0.25, -0.2) is 0 Å². The number of ether oxygens (including phenoxy) is 3. The molecule has 0 saturated carbocycles.